The molecule has 1 atom stereocenters. The van der Waals surface area contributed by atoms with Gasteiger partial charge in [-0.1, -0.05) is 72.6 Å². The molecule has 9 heteroatoms. The Morgan fingerprint density at radius 1 is 0.919 bits per heavy atom. The van der Waals surface area contributed by atoms with Crippen molar-refractivity contribution in [3.05, 3.63) is 95.0 Å². The third kappa shape index (κ3) is 6.90. The topological polar surface area (TPSA) is 86.8 Å². The molecule has 3 aromatic rings. The Balaban J connectivity index is 2.04. The number of nitrogens with zero attached hydrogens (tertiary/aromatic N) is 2. The van der Waals surface area contributed by atoms with Crippen molar-refractivity contribution in [2.75, 3.05) is 17.4 Å². The first-order valence-corrected chi connectivity index (χ1v) is 14.0. The van der Waals surface area contributed by atoms with E-state index in [0.29, 0.717) is 29.2 Å². The third-order valence-electron chi connectivity index (χ3n) is 5.97. The van der Waals surface area contributed by atoms with Gasteiger partial charge in [-0.05, 0) is 56.2 Å². The Labute approximate surface area is 224 Å². The van der Waals surface area contributed by atoms with E-state index in [1.54, 1.807) is 73.7 Å². The number of sulfonamides is 1. The molecule has 2 amide bonds. The maximum Gasteiger partial charge on any atom is 0.264 e. The zero-order valence-electron chi connectivity index (χ0n) is 21.2. The number of para-hydroxylation sites is 1. The van der Waals surface area contributed by atoms with Crippen LogP contribution in [0.3, 0.4) is 0 Å². The fourth-order valence-electron chi connectivity index (χ4n) is 3.98. The molecular weight excluding hydrogens is 510 g/mol. The summed E-state index contributed by atoms with van der Waals surface area (Å²) < 4.78 is 28.6. The maximum absolute atomic E-state index is 13.9. The predicted octanol–water partition coefficient (Wildman–Crippen LogP) is 4.79. The number of halogens is 1. The molecule has 0 radical (unpaired) electrons. The lowest BCUT2D eigenvalue weighted by molar-refractivity contribution is -0.140. The zero-order chi connectivity index (χ0) is 27.0. The van der Waals surface area contributed by atoms with Crippen LogP contribution in [-0.2, 0) is 26.2 Å². The van der Waals surface area contributed by atoms with Crippen LogP contribution in [0.25, 0.3) is 0 Å². The van der Waals surface area contributed by atoms with Gasteiger partial charge in [-0.3, -0.25) is 13.9 Å². The van der Waals surface area contributed by atoms with Gasteiger partial charge in [-0.2, -0.15) is 0 Å². The first-order chi connectivity index (χ1) is 17.7. The van der Waals surface area contributed by atoms with Crippen LogP contribution in [0.1, 0.15) is 31.4 Å². The minimum absolute atomic E-state index is 0.0569. The van der Waals surface area contributed by atoms with Crippen molar-refractivity contribution in [1.82, 2.24) is 10.2 Å². The number of amides is 2. The quantitative estimate of drug-likeness (QED) is 0.378. The Kier molecular flexibility index (Phi) is 9.72. The van der Waals surface area contributed by atoms with Crippen LogP contribution in [0.5, 0.6) is 0 Å². The normalized spacial score (nSPS) is 12.0. The van der Waals surface area contributed by atoms with Gasteiger partial charge in [0.2, 0.25) is 11.8 Å². The van der Waals surface area contributed by atoms with Crippen LogP contribution in [0, 0.1) is 6.92 Å². The number of hydrogen-bond acceptors (Lipinski definition) is 4. The molecule has 3 rings (SSSR count). The standard InChI is InChI=1S/C28H32ClN3O4S/c1-4-26(28(34)30-5-2)31(19-22-11-9-10-14-25(22)29)27(33)20-32(23-12-7-6-8-13-23)37(35,36)24-17-15-21(3)16-18-24/h6-18,26H,4-5,19-20H2,1-3H3,(H,30,34). The molecule has 196 valence electrons. The summed E-state index contributed by atoms with van der Waals surface area (Å²) >= 11 is 6.38. The van der Waals surface area contributed by atoms with Crippen molar-refractivity contribution in [3.8, 4) is 0 Å². The number of carbonyl (C=O) groups is 2. The molecule has 37 heavy (non-hydrogen) atoms. The molecule has 0 aliphatic carbocycles. The van der Waals surface area contributed by atoms with Crippen LogP contribution >= 0.6 is 11.6 Å². The smallest absolute Gasteiger partial charge is 0.264 e. The molecule has 0 heterocycles. The number of likely N-dealkylation sites (N-methyl/N-ethyl adjacent to an activating group) is 1. The van der Waals surface area contributed by atoms with Crippen molar-refractivity contribution >= 4 is 39.1 Å². The van der Waals surface area contributed by atoms with Crippen LogP contribution < -0.4 is 9.62 Å². The molecule has 0 saturated carbocycles. The van der Waals surface area contributed by atoms with Crippen LogP contribution in [0.15, 0.2) is 83.8 Å². The van der Waals surface area contributed by atoms with E-state index >= 15 is 0 Å². The van der Waals surface area contributed by atoms with Crippen molar-refractivity contribution in [2.45, 2.75) is 44.7 Å². The number of benzene rings is 3. The highest BCUT2D eigenvalue weighted by atomic mass is 35.5. The van der Waals surface area contributed by atoms with Crippen LogP contribution in [0.4, 0.5) is 5.69 Å². The number of anilines is 1. The van der Waals surface area contributed by atoms with Crippen molar-refractivity contribution in [2.24, 2.45) is 0 Å². The van der Waals surface area contributed by atoms with E-state index in [2.05, 4.69) is 5.32 Å². The fraction of sp³-hybridized carbons (Fsp3) is 0.286. The van der Waals surface area contributed by atoms with Gasteiger partial charge in [0.15, 0.2) is 0 Å². The van der Waals surface area contributed by atoms with Gasteiger partial charge in [0.25, 0.3) is 10.0 Å². The van der Waals surface area contributed by atoms with Crippen molar-refractivity contribution in [3.63, 3.8) is 0 Å². The Bertz CT molecular complexity index is 1310. The minimum atomic E-state index is -4.08. The number of aryl methyl sites for hydroxylation is 1. The van der Waals surface area contributed by atoms with E-state index in [1.807, 2.05) is 13.8 Å². The minimum Gasteiger partial charge on any atom is -0.355 e. The predicted molar refractivity (Wildman–Crippen MR) is 147 cm³/mol. The van der Waals surface area contributed by atoms with Crippen LogP contribution in [-0.4, -0.2) is 44.3 Å². The molecule has 0 aliphatic heterocycles. The Morgan fingerprint density at radius 3 is 2.14 bits per heavy atom. The van der Waals surface area contributed by atoms with Crippen molar-refractivity contribution < 1.29 is 18.0 Å². The Morgan fingerprint density at radius 2 is 1.54 bits per heavy atom. The lowest BCUT2D eigenvalue weighted by Gasteiger charge is -2.33. The first-order valence-electron chi connectivity index (χ1n) is 12.1. The monoisotopic (exact) mass is 541 g/mol. The fourth-order valence-corrected chi connectivity index (χ4v) is 5.59. The second-order valence-corrected chi connectivity index (χ2v) is 10.9. The SMILES string of the molecule is CCNC(=O)C(CC)N(Cc1ccccc1Cl)C(=O)CN(c1ccccc1)S(=O)(=O)c1ccc(C)cc1. The number of nitrogens with one attached hydrogen (secondary N) is 1. The summed E-state index contributed by atoms with van der Waals surface area (Å²) in [6.45, 7) is 5.46. The molecule has 1 unspecified atom stereocenters. The van der Waals surface area contributed by atoms with E-state index in [1.165, 1.54) is 17.0 Å². The highest BCUT2D eigenvalue weighted by Gasteiger charge is 2.33. The summed E-state index contributed by atoms with van der Waals surface area (Å²) in [5.41, 5.74) is 1.92. The van der Waals surface area contributed by atoms with Gasteiger partial charge >= 0.3 is 0 Å². The Hall–Kier alpha value is -3.36. The summed E-state index contributed by atoms with van der Waals surface area (Å²) in [5, 5.41) is 3.24. The zero-order valence-corrected chi connectivity index (χ0v) is 22.8. The second-order valence-electron chi connectivity index (χ2n) is 8.59. The average molecular weight is 542 g/mol. The van der Waals surface area contributed by atoms with Gasteiger partial charge in [0, 0.05) is 18.1 Å². The molecule has 0 spiro atoms. The largest absolute Gasteiger partial charge is 0.355 e. The maximum atomic E-state index is 13.9. The molecule has 0 bridgehead atoms. The third-order valence-corrected chi connectivity index (χ3v) is 8.12. The molecule has 3 aromatic carbocycles. The highest BCUT2D eigenvalue weighted by molar-refractivity contribution is 7.92. The van der Waals surface area contributed by atoms with E-state index in [9.17, 15) is 18.0 Å². The van der Waals surface area contributed by atoms with Crippen LogP contribution in [0.2, 0.25) is 5.02 Å². The second kappa shape index (κ2) is 12.7. The van der Waals surface area contributed by atoms with Gasteiger partial charge < -0.3 is 10.2 Å². The first kappa shape index (κ1) is 28.2. The average Bonchev–Trinajstić information content (AvgIpc) is 2.89. The molecular formula is C28H32ClN3O4S. The summed E-state index contributed by atoms with van der Waals surface area (Å²) in [4.78, 5) is 28.3. The molecule has 0 fully saturated rings. The van der Waals surface area contributed by atoms with E-state index < -0.39 is 28.5 Å². The van der Waals surface area contributed by atoms with Crippen molar-refractivity contribution in [1.29, 1.82) is 0 Å². The van der Waals surface area contributed by atoms with Gasteiger partial charge in [0.1, 0.15) is 12.6 Å². The number of carbonyl (C=O) groups excluding carboxylic acids is 2. The molecule has 1 N–H and O–H groups in total. The highest BCUT2D eigenvalue weighted by Crippen LogP contribution is 2.25. The van der Waals surface area contributed by atoms with Gasteiger partial charge in [-0.25, -0.2) is 8.42 Å². The van der Waals surface area contributed by atoms with E-state index in [-0.39, 0.29) is 17.3 Å². The van der Waals surface area contributed by atoms with E-state index in [0.717, 1.165) is 9.87 Å². The van der Waals surface area contributed by atoms with Gasteiger partial charge in [0.05, 0.1) is 10.6 Å². The molecule has 0 aliphatic rings. The lowest BCUT2D eigenvalue weighted by atomic mass is 10.1. The summed E-state index contributed by atoms with van der Waals surface area (Å²) in [6, 6.07) is 21.2. The van der Waals surface area contributed by atoms with E-state index in [4.69, 9.17) is 11.6 Å². The van der Waals surface area contributed by atoms with Gasteiger partial charge in [-0.15, -0.1) is 0 Å². The molecule has 0 saturated heterocycles. The number of rotatable bonds is 11. The summed E-state index contributed by atoms with van der Waals surface area (Å²) in [5.74, 6) is -0.824. The lowest BCUT2D eigenvalue weighted by Crippen LogP contribution is -2.52. The summed E-state index contributed by atoms with van der Waals surface area (Å²) in [7, 11) is -4.08. The summed E-state index contributed by atoms with van der Waals surface area (Å²) in [6.07, 6.45) is 0.345. The molecule has 0 aromatic heterocycles. The molecule has 7 nitrogen and oxygen atoms in total. The number of hydrogen-bond donors (Lipinski definition) is 1.